The van der Waals surface area contributed by atoms with E-state index in [4.69, 9.17) is 22.7 Å². The summed E-state index contributed by atoms with van der Waals surface area (Å²) in [5.74, 6) is -0.639. The van der Waals surface area contributed by atoms with Gasteiger partial charge in [0.15, 0.2) is 0 Å². The molecule has 1 saturated carbocycles. The number of hydrogen-bond donors (Lipinski definition) is 2. The first-order chi connectivity index (χ1) is 9.33. The Hall–Kier alpha value is -1.09. The molecule has 1 aromatic rings. The first-order valence-corrected chi connectivity index (χ1v) is 7.87. The van der Waals surface area contributed by atoms with Gasteiger partial charge in [0, 0.05) is 18.7 Å². The summed E-state index contributed by atoms with van der Waals surface area (Å²) in [5, 5.41) is 0. The number of sulfonamides is 1. The van der Waals surface area contributed by atoms with E-state index >= 15 is 0 Å². The van der Waals surface area contributed by atoms with E-state index in [0.29, 0.717) is 12.8 Å². The zero-order chi connectivity index (χ0) is 14.9. The van der Waals surface area contributed by atoms with Gasteiger partial charge in [-0.15, -0.1) is 0 Å². The van der Waals surface area contributed by atoms with Gasteiger partial charge in [-0.05, 0) is 31.0 Å². The summed E-state index contributed by atoms with van der Waals surface area (Å²) in [6.45, 7) is 0. The van der Waals surface area contributed by atoms with E-state index in [2.05, 4.69) is 4.72 Å². The fraction of sp³-hybridized carbons (Fsp3) is 0.417. The van der Waals surface area contributed by atoms with Crippen molar-refractivity contribution in [2.75, 3.05) is 7.11 Å². The molecule has 0 amide bonds. The van der Waals surface area contributed by atoms with Crippen LogP contribution in [0.2, 0.25) is 0 Å². The van der Waals surface area contributed by atoms with Crippen LogP contribution in [0.3, 0.4) is 0 Å². The molecule has 1 fully saturated rings. The third-order valence-electron chi connectivity index (χ3n) is 3.26. The lowest BCUT2D eigenvalue weighted by atomic mass is 9.90. The third-order valence-corrected chi connectivity index (χ3v) is 5.00. The molecule has 5 nitrogen and oxygen atoms in total. The molecular weight excluding hydrogens is 303 g/mol. The lowest BCUT2D eigenvalue weighted by Crippen LogP contribution is -2.47. The summed E-state index contributed by atoms with van der Waals surface area (Å²) in [6.07, 6.45) is 1.33. The maximum Gasteiger partial charge on any atom is 0.240 e. The standard InChI is InChI=1S/C12H15FN2O3S2/c1-18-8-4-7(5-8)15-20(16,17)9-2-3-11(13)10(6-9)12(14)19/h2-3,6-8,15H,4-5H2,1H3,(H2,14,19). The van der Waals surface area contributed by atoms with Crippen LogP contribution in [-0.4, -0.2) is 32.7 Å². The zero-order valence-electron chi connectivity index (χ0n) is 10.8. The molecule has 1 aliphatic carbocycles. The normalized spacial score (nSPS) is 22.3. The highest BCUT2D eigenvalue weighted by Gasteiger charge is 2.32. The van der Waals surface area contributed by atoms with Crippen LogP contribution in [0.25, 0.3) is 0 Å². The largest absolute Gasteiger partial charge is 0.389 e. The average Bonchev–Trinajstić information content (AvgIpc) is 2.33. The van der Waals surface area contributed by atoms with Gasteiger partial charge in [0.2, 0.25) is 10.0 Å². The summed E-state index contributed by atoms with van der Waals surface area (Å²) in [4.78, 5) is -0.231. The number of nitrogens with one attached hydrogen (secondary N) is 1. The lowest BCUT2D eigenvalue weighted by molar-refractivity contribution is 0.0236. The van der Waals surface area contributed by atoms with Crippen molar-refractivity contribution in [2.45, 2.75) is 29.9 Å². The van der Waals surface area contributed by atoms with Gasteiger partial charge in [-0.25, -0.2) is 17.5 Å². The van der Waals surface area contributed by atoms with Crippen LogP contribution in [0.15, 0.2) is 23.1 Å². The zero-order valence-corrected chi connectivity index (χ0v) is 12.4. The Morgan fingerprint density at radius 2 is 2.15 bits per heavy atom. The van der Waals surface area contributed by atoms with Crippen LogP contribution in [-0.2, 0) is 14.8 Å². The average molecular weight is 318 g/mol. The number of methoxy groups -OCH3 is 1. The second-order valence-electron chi connectivity index (χ2n) is 4.65. The fourth-order valence-corrected chi connectivity index (χ4v) is 3.45. The number of nitrogens with two attached hydrogens (primary N) is 1. The van der Waals surface area contributed by atoms with E-state index in [0.717, 1.165) is 12.1 Å². The van der Waals surface area contributed by atoms with Crippen molar-refractivity contribution in [3.63, 3.8) is 0 Å². The second kappa shape index (κ2) is 5.72. The predicted octanol–water partition coefficient (Wildman–Crippen LogP) is 0.916. The predicted molar refractivity (Wildman–Crippen MR) is 76.4 cm³/mol. The highest BCUT2D eigenvalue weighted by Crippen LogP contribution is 2.25. The molecule has 110 valence electrons. The van der Waals surface area contributed by atoms with Gasteiger partial charge < -0.3 is 10.5 Å². The highest BCUT2D eigenvalue weighted by atomic mass is 32.2. The Bertz CT molecular complexity index is 628. The maximum atomic E-state index is 13.4. The number of benzene rings is 1. The molecule has 8 heteroatoms. The number of ether oxygens (including phenoxy) is 1. The number of halogens is 1. The molecular formula is C12H15FN2O3S2. The molecule has 0 bridgehead atoms. The molecule has 1 aromatic carbocycles. The molecule has 0 atom stereocenters. The summed E-state index contributed by atoms with van der Waals surface area (Å²) in [7, 11) is -2.13. The molecule has 0 unspecified atom stereocenters. The van der Waals surface area contributed by atoms with Gasteiger partial charge in [0.05, 0.1) is 11.0 Å². The van der Waals surface area contributed by atoms with Gasteiger partial charge in [0.1, 0.15) is 10.8 Å². The van der Waals surface area contributed by atoms with Crippen molar-refractivity contribution in [3.05, 3.63) is 29.6 Å². The van der Waals surface area contributed by atoms with Gasteiger partial charge >= 0.3 is 0 Å². The fourth-order valence-electron chi connectivity index (χ4n) is 2.00. The highest BCUT2D eigenvalue weighted by molar-refractivity contribution is 7.89. The van der Waals surface area contributed by atoms with Crippen LogP contribution in [0.5, 0.6) is 0 Å². The Balaban J connectivity index is 2.18. The SMILES string of the molecule is COC1CC(NS(=O)(=O)c2ccc(F)c(C(N)=S)c2)C1. The van der Waals surface area contributed by atoms with Crippen LogP contribution < -0.4 is 10.5 Å². The summed E-state index contributed by atoms with van der Waals surface area (Å²) < 4.78 is 45.4. The molecule has 0 saturated heterocycles. The van der Waals surface area contributed by atoms with E-state index < -0.39 is 15.8 Å². The summed E-state index contributed by atoms with van der Waals surface area (Å²) >= 11 is 4.69. The minimum Gasteiger partial charge on any atom is -0.389 e. The Morgan fingerprint density at radius 3 is 2.70 bits per heavy atom. The number of rotatable bonds is 5. The van der Waals surface area contributed by atoms with Crippen molar-refractivity contribution in [1.29, 1.82) is 0 Å². The van der Waals surface area contributed by atoms with Crippen molar-refractivity contribution in [2.24, 2.45) is 5.73 Å². The Morgan fingerprint density at radius 1 is 1.50 bits per heavy atom. The smallest absolute Gasteiger partial charge is 0.240 e. The van der Waals surface area contributed by atoms with Crippen molar-refractivity contribution in [3.8, 4) is 0 Å². The minimum absolute atomic E-state index is 0.0532. The molecule has 0 radical (unpaired) electrons. The van der Waals surface area contributed by atoms with Crippen LogP contribution in [0.1, 0.15) is 18.4 Å². The molecule has 0 spiro atoms. The maximum absolute atomic E-state index is 13.4. The monoisotopic (exact) mass is 318 g/mol. The Labute approximate surface area is 122 Å². The number of hydrogen-bond acceptors (Lipinski definition) is 4. The quantitative estimate of drug-likeness (QED) is 0.789. The first kappa shape index (κ1) is 15.3. The van der Waals surface area contributed by atoms with E-state index in [9.17, 15) is 12.8 Å². The third kappa shape index (κ3) is 3.14. The molecule has 1 aliphatic rings. The summed E-state index contributed by atoms with van der Waals surface area (Å²) in [6, 6.07) is 3.21. The van der Waals surface area contributed by atoms with Crippen molar-refractivity contribution in [1.82, 2.24) is 4.72 Å². The van der Waals surface area contributed by atoms with E-state index in [-0.39, 0.29) is 27.6 Å². The van der Waals surface area contributed by atoms with E-state index in [1.165, 1.54) is 6.07 Å². The van der Waals surface area contributed by atoms with Gasteiger partial charge in [-0.3, -0.25) is 0 Å². The first-order valence-electron chi connectivity index (χ1n) is 5.98. The van der Waals surface area contributed by atoms with Crippen LogP contribution in [0, 0.1) is 5.82 Å². The van der Waals surface area contributed by atoms with Crippen molar-refractivity contribution < 1.29 is 17.5 Å². The second-order valence-corrected chi connectivity index (χ2v) is 6.81. The van der Waals surface area contributed by atoms with Crippen LogP contribution in [0.4, 0.5) is 4.39 Å². The minimum atomic E-state index is -3.71. The van der Waals surface area contributed by atoms with Crippen molar-refractivity contribution >= 4 is 27.2 Å². The van der Waals surface area contributed by atoms with Gasteiger partial charge in [-0.1, -0.05) is 12.2 Å². The van der Waals surface area contributed by atoms with Crippen LogP contribution >= 0.6 is 12.2 Å². The molecule has 0 heterocycles. The number of thiocarbonyl (C=S) groups is 1. The van der Waals surface area contributed by atoms with E-state index in [1.807, 2.05) is 0 Å². The summed E-state index contributed by atoms with van der Waals surface area (Å²) in [5.41, 5.74) is 5.28. The lowest BCUT2D eigenvalue weighted by Gasteiger charge is -2.34. The molecule has 3 N–H and O–H groups in total. The topological polar surface area (TPSA) is 81.4 Å². The van der Waals surface area contributed by atoms with E-state index in [1.54, 1.807) is 7.11 Å². The molecule has 0 aromatic heterocycles. The van der Waals surface area contributed by atoms with Gasteiger partial charge in [-0.2, -0.15) is 0 Å². The van der Waals surface area contributed by atoms with Gasteiger partial charge in [0.25, 0.3) is 0 Å². The molecule has 20 heavy (non-hydrogen) atoms. The molecule has 0 aliphatic heterocycles. The Kier molecular flexibility index (Phi) is 4.38. The molecule has 2 rings (SSSR count).